The molecule has 0 aliphatic carbocycles. The molecule has 0 spiro atoms. The van der Waals surface area contributed by atoms with Crippen LogP contribution in [0.4, 0.5) is 5.82 Å². The number of carbonyl (C=O) groups is 2. The zero-order valence-electron chi connectivity index (χ0n) is 17.0. The maximum atomic E-state index is 12.6. The highest BCUT2D eigenvalue weighted by Crippen LogP contribution is 2.22. The van der Waals surface area contributed by atoms with Crippen molar-refractivity contribution >= 4 is 29.3 Å². The van der Waals surface area contributed by atoms with Gasteiger partial charge in [-0.2, -0.15) is 0 Å². The van der Waals surface area contributed by atoms with E-state index < -0.39 is 0 Å². The molecular weight excluding hydrogens is 390 g/mol. The van der Waals surface area contributed by atoms with Gasteiger partial charge >= 0.3 is 0 Å². The summed E-state index contributed by atoms with van der Waals surface area (Å²) in [4.78, 5) is 30.8. The predicted octanol–water partition coefficient (Wildman–Crippen LogP) is 4.65. The van der Waals surface area contributed by atoms with Crippen molar-refractivity contribution in [3.8, 4) is 0 Å². The molecule has 4 rings (SSSR count). The third kappa shape index (κ3) is 5.36. The molecule has 1 aromatic carbocycles. The van der Waals surface area contributed by atoms with E-state index in [1.807, 2.05) is 23.1 Å². The Kier molecular flexibility index (Phi) is 6.38. The molecule has 0 saturated heterocycles. The van der Waals surface area contributed by atoms with Gasteiger partial charge in [0.05, 0.1) is 11.8 Å². The predicted molar refractivity (Wildman–Crippen MR) is 120 cm³/mol. The van der Waals surface area contributed by atoms with Crippen molar-refractivity contribution in [2.45, 2.75) is 12.8 Å². The van der Waals surface area contributed by atoms with Crippen LogP contribution in [0.25, 0.3) is 11.6 Å². The van der Waals surface area contributed by atoms with E-state index in [1.165, 1.54) is 23.7 Å². The van der Waals surface area contributed by atoms with Gasteiger partial charge in [-0.05, 0) is 53.8 Å². The van der Waals surface area contributed by atoms with Gasteiger partial charge in [0.1, 0.15) is 12.1 Å². The van der Waals surface area contributed by atoms with Crippen molar-refractivity contribution in [2.75, 3.05) is 18.4 Å². The van der Waals surface area contributed by atoms with Crippen LogP contribution < -0.4 is 5.32 Å². The Labute approximate surface area is 180 Å². The molecule has 6 nitrogen and oxygen atoms in total. The number of hydrogen-bond donors (Lipinski definition) is 1. The SMILES string of the molecule is O=C(Nc1ccc(C=CC(=O)N2CCC=C(c3ccccc3)CC2)cn1)c1ccoc1. The van der Waals surface area contributed by atoms with E-state index in [0.29, 0.717) is 24.5 Å². The van der Waals surface area contributed by atoms with Crippen LogP contribution in [0.2, 0.25) is 0 Å². The minimum atomic E-state index is -0.288. The second kappa shape index (κ2) is 9.71. The third-order valence-electron chi connectivity index (χ3n) is 5.13. The molecule has 1 aliphatic heterocycles. The van der Waals surface area contributed by atoms with Crippen molar-refractivity contribution in [1.82, 2.24) is 9.88 Å². The molecule has 2 amide bonds. The van der Waals surface area contributed by atoms with Gasteiger partial charge in [0, 0.05) is 25.4 Å². The average molecular weight is 413 g/mol. The highest BCUT2D eigenvalue weighted by atomic mass is 16.3. The maximum Gasteiger partial charge on any atom is 0.260 e. The summed E-state index contributed by atoms with van der Waals surface area (Å²) in [7, 11) is 0. The molecule has 31 heavy (non-hydrogen) atoms. The molecule has 6 heteroatoms. The summed E-state index contributed by atoms with van der Waals surface area (Å²) in [5.41, 5.74) is 3.72. The number of nitrogens with one attached hydrogen (secondary N) is 1. The number of anilines is 1. The molecule has 0 unspecified atom stereocenters. The first-order valence-corrected chi connectivity index (χ1v) is 10.2. The lowest BCUT2D eigenvalue weighted by molar-refractivity contribution is -0.125. The van der Waals surface area contributed by atoms with E-state index in [4.69, 9.17) is 4.42 Å². The summed E-state index contributed by atoms with van der Waals surface area (Å²) >= 11 is 0. The summed E-state index contributed by atoms with van der Waals surface area (Å²) in [5.74, 6) is 0.131. The molecule has 0 bridgehead atoms. The highest BCUT2D eigenvalue weighted by Gasteiger charge is 2.15. The van der Waals surface area contributed by atoms with Gasteiger partial charge in [-0.1, -0.05) is 36.4 Å². The molecular formula is C25H23N3O3. The molecule has 3 aromatic rings. The quantitative estimate of drug-likeness (QED) is 0.618. The van der Waals surface area contributed by atoms with E-state index in [9.17, 15) is 9.59 Å². The molecule has 2 aromatic heterocycles. The smallest absolute Gasteiger partial charge is 0.260 e. The minimum Gasteiger partial charge on any atom is -0.472 e. The topological polar surface area (TPSA) is 75.4 Å². The van der Waals surface area contributed by atoms with Crippen molar-refractivity contribution in [3.05, 3.63) is 96.1 Å². The van der Waals surface area contributed by atoms with Crippen LogP contribution in [0.15, 0.2) is 83.8 Å². The van der Waals surface area contributed by atoms with Crippen molar-refractivity contribution in [1.29, 1.82) is 0 Å². The first-order valence-electron chi connectivity index (χ1n) is 10.2. The van der Waals surface area contributed by atoms with Gasteiger partial charge in [-0.25, -0.2) is 4.98 Å². The van der Waals surface area contributed by atoms with E-state index in [0.717, 1.165) is 18.4 Å². The minimum absolute atomic E-state index is 0.0138. The fraction of sp³-hybridized carbons (Fsp3) is 0.160. The molecule has 0 saturated carbocycles. The molecule has 156 valence electrons. The number of rotatable bonds is 5. The monoisotopic (exact) mass is 413 g/mol. The van der Waals surface area contributed by atoms with Crippen LogP contribution in [0, 0.1) is 0 Å². The molecule has 1 N–H and O–H groups in total. The Morgan fingerprint density at radius 1 is 1.06 bits per heavy atom. The van der Waals surface area contributed by atoms with Crippen molar-refractivity contribution in [3.63, 3.8) is 0 Å². The van der Waals surface area contributed by atoms with E-state index in [1.54, 1.807) is 36.5 Å². The highest BCUT2D eigenvalue weighted by molar-refractivity contribution is 6.03. The Hall–Kier alpha value is -3.93. The first-order chi connectivity index (χ1) is 15.2. The number of pyridine rings is 1. The summed E-state index contributed by atoms with van der Waals surface area (Å²) in [6.07, 6.45) is 11.7. The molecule has 0 atom stereocenters. The zero-order chi connectivity index (χ0) is 21.5. The summed E-state index contributed by atoms with van der Waals surface area (Å²) in [6.45, 7) is 1.40. The molecule has 1 aliphatic rings. The number of nitrogens with zero attached hydrogens (tertiary/aromatic N) is 2. The van der Waals surface area contributed by atoms with Crippen LogP contribution in [0.1, 0.15) is 34.3 Å². The first kappa shape index (κ1) is 20.3. The fourth-order valence-electron chi connectivity index (χ4n) is 3.43. The van der Waals surface area contributed by atoms with Gasteiger partial charge < -0.3 is 14.6 Å². The second-order valence-corrected chi connectivity index (χ2v) is 7.24. The van der Waals surface area contributed by atoms with Crippen LogP contribution in [0.3, 0.4) is 0 Å². The zero-order valence-corrected chi connectivity index (χ0v) is 17.0. The standard InChI is InChI=1S/C25H23N3O3/c29-24(28-14-4-7-21(12-15-28)20-5-2-1-3-6-20)11-9-19-8-10-23(26-17-19)27-25(30)22-13-16-31-18-22/h1-3,5-11,13,16-18H,4,12,14-15H2,(H,26,27,30). The van der Waals surface area contributed by atoms with Crippen molar-refractivity contribution < 1.29 is 14.0 Å². The Balaban J connectivity index is 1.31. The van der Waals surface area contributed by atoms with Crippen LogP contribution in [-0.4, -0.2) is 34.8 Å². The normalized spacial score (nSPS) is 14.2. The maximum absolute atomic E-state index is 12.6. The average Bonchev–Trinajstić information content (AvgIpc) is 3.24. The largest absolute Gasteiger partial charge is 0.472 e. The number of furan rings is 1. The summed E-state index contributed by atoms with van der Waals surface area (Å²) in [5, 5.41) is 2.70. The number of benzene rings is 1. The number of hydrogen-bond acceptors (Lipinski definition) is 4. The van der Waals surface area contributed by atoms with Crippen molar-refractivity contribution in [2.24, 2.45) is 0 Å². The number of amides is 2. The van der Waals surface area contributed by atoms with E-state index >= 15 is 0 Å². The van der Waals surface area contributed by atoms with Gasteiger partial charge in [-0.15, -0.1) is 0 Å². The number of aromatic nitrogens is 1. The van der Waals surface area contributed by atoms with Crippen LogP contribution in [-0.2, 0) is 4.79 Å². The molecule has 3 heterocycles. The fourth-order valence-corrected chi connectivity index (χ4v) is 3.43. The molecule has 0 fully saturated rings. The summed E-state index contributed by atoms with van der Waals surface area (Å²) in [6, 6.07) is 15.4. The van der Waals surface area contributed by atoms with Gasteiger partial charge in [0.25, 0.3) is 5.91 Å². The lowest BCUT2D eigenvalue weighted by Gasteiger charge is -2.18. The Morgan fingerprint density at radius 3 is 2.68 bits per heavy atom. The lowest BCUT2D eigenvalue weighted by Crippen LogP contribution is -2.30. The Bertz CT molecular complexity index is 1080. The Morgan fingerprint density at radius 2 is 1.94 bits per heavy atom. The third-order valence-corrected chi connectivity index (χ3v) is 5.13. The van der Waals surface area contributed by atoms with E-state index in [-0.39, 0.29) is 11.8 Å². The second-order valence-electron chi connectivity index (χ2n) is 7.24. The van der Waals surface area contributed by atoms with Gasteiger partial charge in [0.15, 0.2) is 0 Å². The van der Waals surface area contributed by atoms with E-state index in [2.05, 4.69) is 28.5 Å². The number of carbonyl (C=O) groups excluding carboxylic acids is 2. The van der Waals surface area contributed by atoms with Crippen LogP contribution >= 0.6 is 0 Å². The van der Waals surface area contributed by atoms with Gasteiger partial charge in [0.2, 0.25) is 5.91 Å². The molecule has 0 radical (unpaired) electrons. The summed E-state index contributed by atoms with van der Waals surface area (Å²) < 4.78 is 4.90. The van der Waals surface area contributed by atoms with Gasteiger partial charge in [-0.3, -0.25) is 9.59 Å². The lowest BCUT2D eigenvalue weighted by atomic mass is 10.0. The van der Waals surface area contributed by atoms with Crippen LogP contribution in [0.5, 0.6) is 0 Å².